The molecule has 0 spiro atoms. The third-order valence-electron chi connectivity index (χ3n) is 2.42. The fourth-order valence-corrected chi connectivity index (χ4v) is 1.54. The normalized spacial score (nSPS) is 13.3. The van der Waals surface area contributed by atoms with Crippen molar-refractivity contribution >= 4 is 5.71 Å². The third kappa shape index (κ3) is 2.94. The maximum atomic E-state index is 9.20. The Hall–Kier alpha value is -0.650. The number of hydrogen-bond acceptors (Lipinski definition) is 5. The number of nitrogens with zero attached hydrogens (tertiary/aromatic N) is 1. The van der Waals surface area contributed by atoms with E-state index < -0.39 is 5.41 Å². The molecule has 0 bridgehead atoms. The summed E-state index contributed by atoms with van der Waals surface area (Å²) in [5.41, 5.74) is -0.640. The SMILES string of the molecule is CCCC(CO)(CO)C(CCO)=NO. The van der Waals surface area contributed by atoms with Crippen LogP contribution in [-0.4, -0.2) is 46.1 Å². The van der Waals surface area contributed by atoms with Crippen LogP contribution in [0.4, 0.5) is 0 Å². The Kier molecular flexibility index (Phi) is 6.44. The molecule has 14 heavy (non-hydrogen) atoms. The van der Waals surface area contributed by atoms with Crippen molar-refractivity contribution in [2.24, 2.45) is 10.6 Å². The van der Waals surface area contributed by atoms with E-state index in [1.807, 2.05) is 6.92 Å². The molecule has 0 saturated heterocycles. The topological polar surface area (TPSA) is 93.3 Å². The Bertz CT molecular complexity index is 178. The molecule has 0 saturated carbocycles. The maximum Gasteiger partial charge on any atom is 0.0701 e. The average Bonchev–Trinajstić information content (AvgIpc) is 2.23. The van der Waals surface area contributed by atoms with Crippen LogP contribution >= 0.6 is 0 Å². The van der Waals surface area contributed by atoms with Crippen LogP contribution in [0.1, 0.15) is 26.2 Å². The fourth-order valence-electron chi connectivity index (χ4n) is 1.54. The smallest absolute Gasteiger partial charge is 0.0701 e. The van der Waals surface area contributed by atoms with E-state index in [9.17, 15) is 10.2 Å². The van der Waals surface area contributed by atoms with Crippen molar-refractivity contribution in [2.45, 2.75) is 26.2 Å². The van der Waals surface area contributed by atoms with Crippen molar-refractivity contribution < 1.29 is 20.5 Å². The second-order valence-electron chi connectivity index (χ2n) is 3.37. The van der Waals surface area contributed by atoms with Crippen molar-refractivity contribution in [1.29, 1.82) is 0 Å². The van der Waals surface area contributed by atoms with E-state index in [-0.39, 0.29) is 32.0 Å². The molecule has 0 fully saturated rings. The molecule has 0 aliphatic heterocycles. The van der Waals surface area contributed by atoms with Crippen molar-refractivity contribution in [2.75, 3.05) is 19.8 Å². The van der Waals surface area contributed by atoms with Crippen molar-refractivity contribution in [3.05, 3.63) is 0 Å². The highest BCUT2D eigenvalue weighted by Crippen LogP contribution is 2.26. The van der Waals surface area contributed by atoms with Crippen molar-refractivity contribution in [3.63, 3.8) is 0 Å². The minimum atomic E-state index is -0.897. The van der Waals surface area contributed by atoms with E-state index in [2.05, 4.69) is 5.16 Å². The van der Waals surface area contributed by atoms with Crippen LogP contribution in [0.5, 0.6) is 0 Å². The minimum absolute atomic E-state index is 0.162. The zero-order chi connectivity index (χ0) is 11.0. The summed E-state index contributed by atoms with van der Waals surface area (Å²) in [4.78, 5) is 0. The van der Waals surface area contributed by atoms with E-state index in [0.717, 1.165) is 6.42 Å². The first kappa shape index (κ1) is 13.4. The molecule has 5 heteroatoms. The van der Waals surface area contributed by atoms with Gasteiger partial charge in [0.1, 0.15) is 0 Å². The summed E-state index contributed by atoms with van der Waals surface area (Å²) >= 11 is 0. The van der Waals surface area contributed by atoms with Crippen LogP contribution in [0.2, 0.25) is 0 Å². The monoisotopic (exact) mass is 205 g/mol. The Balaban J connectivity index is 4.74. The molecule has 0 amide bonds. The average molecular weight is 205 g/mol. The molecule has 0 rings (SSSR count). The lowest BCUT2D eigenvalue weighted by Crippen LogP contribution is -2.39. The molecular formula is C9H19NO4. The molecule has 0 aliphatic rings. The molecule has 0 unspecified atom stereocenters. The number of rotatable bonds is 7. The Morgan fingerprint density at radius 3 is 2.07 bits per heavy atom. The number of aliphatic hydroxyl groups is 3. The quantitative estimate of drug-likeness (QED) is 0.267. The first-order chi connectivity index (χ1) is 6.70. The maximum absolute atomic E-state index is 9.20. The Morgan fingerprint density at radius 2 is 1.79 bits per heavy atom. The van der Waals surface area contributed by atoms with Gasteiger partial charge >= 0.3 is 0 Å². The van der Waals surface area contributed by atoms with E-state index in [1.54, 1.807) is 0 Å². The Morgan fingerprint density at radius 1 is 1.21 bits per heavy atom. The second kappa shape index (κ2) is 6.75. The fraction of sp³-hybridized carbons (Fsp3) is 0.889. The van der Waals surface area contributed by atoms with Crippen LogP contribution in [0.25, 0.3) is 0 Å². The summed E-state index contributed by atoms with van der Waals surface area (Å²) in [7, 11) is 0. The van der Waals surface area contributed by atoms with Crippen LogP contribution in [-0.2, 0) is 0 Å². The molecule has 5 nitrogen and oxygen atoms in total. The summed E-state index contributed by atoms with van der Waals surface area (Å²) < 4.78 is 0. The van der Waals surface area contributed by atoms with Gasteiger partial charge in [0.2, 0.25) is 0 Å². The van der Waals surface area contributed by atoms with Crippen LogP contribution in [0.3, 0.4) is 0 Å². The van der Waals surface area contributed by atoms with Crippen LogP contribution in [0.15, 0.2) is 5.16 Å². The summed E-state index contributed by atoms with van der Waals surface area (Å²) in [6, 6.07) is 0. The number of aliphatic hydroxyl groups excluding tert-OH is 3. The number of hydrogen-bond donors (Lipinski definition) is 4. The predicted octanol–water partition coefficient (Wildman–Crippen LogP) is -0.0299. The first-order valence-corrected chi connectivity index (χ1v) is 4.74. The van der Waals surface area contributed by atoms with Crippen LogP contribution in [0, 0.1) is 5.41 Å². The summed E-state index contributed by atoms with van der Waals surface area (Å²) in [5, 5.41) is 38.9. The van der Waals surface area contributed by atoms with Gasteiger partial charge in [-0.2, -0.15) is 0 Å². The lowest BCUT2D eigenvalue weighted by Gasteiger charge is -2.29. The molecule has 84 valence electrons. The Labute approximate surface area is 83.7 Å². The van der Waals surface area contributed by atoms with Gasteiger partial charge in [0.05, 0.1) is 24.3 Å². The van der Waals surface area contributed by atoms with E-state index in [1.165, 1.54) is 0 Å². The molecule has 0 aromatic heterocycles. The molecule has 0 atom stereocenters. The highest BCUT2D eigenvalue weighted by atomic mass is 16.4. The summed E-state index contributed by atoms with van der Waals surface area (Å²) in [5.74, 6) is 0. The highest BCUT2D eigenvalue weighted by molar-refractivity contribution is 5.90. The third-order valence-corrected chi connectivity index (χ3v) is 2.42. The molecule has 0 aliphatic carbocycles. The van der Waals surface area contributed by atoms with Gasteiger partial charge in [-0.25, -0.2) is 0 Å². The standard InChI is InChI=1S/C9H19NO4/c1-2-4-9(6-12,7-13)8(10-14)3-5-11/h11-14H,2-7H2,1H3. The lowest BCUT2D eigenvalue weighted by molar-refractivity contribution is 0.0946. The highest BCUT2D eigenvalue weighted by Gasteiger charge is 2.34. The lowest BCUT2D eigenvalue weighted by atomic mass is 9.79. The van der Waals surface area contributed by atoms with Gasteiger partial charge in [-0.3, -0.25) is 0 Å². The minimum Gasteiger partial charge on any atom is -0.411 e. The predicted molar refractivity (Wildman–Crippen MR) is 52.4 cm³/mol. The number of oxime groups is 1. The zero-order valence-electron chi connectivity index (χ0n) is 8.48. The largest absolute Gasteiger partial charge is 0.411 e. The van der Waals surface area contributed by atoms with Gasteiger partial charge in [0.25, 0.3) is 0 Å². The van der Waals surface area contributed by atoms with E-state index in [0.29, 0.717) is 6.42 Å². The van der Waals surface area contributed by atoms with Gasteiger partial charge < -0.3 is 20.5 Å². The van der Waals surface area contributed by atoms with Crippen LogP contribution < -0.4 is 0 Å². The van der Waals surface area contributed by atoms with Gasteiger partial charge in [0.15, 0.2) is 0 Å². The van der Waals surface area contributed by atoms with Crippen molar-refractivity contribution in [1.82, 2.24) is 0 Å². The molecule has 0 heterocycles. The van der Waals surface area contributed by atoms with Gasteiger partial charge in [-0.05, 0) is 6.42 Å². The molecule has 0 aromatic carbocycles. The van der Waals surface area contributed by atoms with E-state index in [4.69, 9.17) is 10.3 Å². The summed E-state index contributed by atoms with van der Waals surface area (Å²) in [6.45, 7) is 1.19. The first-order valence-electron chi connectivity index (χ1n) is 4.74. The molecular weight excluding hydrogens is 186 g/mol. The zero-order valence-corrected chi connectivity index (χ0v) is 8.48. The van der Waals surface area contributed by atoms with Gasteiger partial charge in [-0.15, -0.1) is 0 Å². The second-order valence-corrected chi connectivity index (χ2v) is 3.37. The molecule has 4 N–H and O–H groups in total. The van der Waals surface area contributed by atoms with Crippen molar-refractivity contribution in [3.8, 4) is 0 Å². The molecule has 0 radical (unpaired) electrons. The van der Waals surface area contributed by atoms with Gasteiger partial charge in [0, 0.05) is 13.0 Å². The molecule has 0 aromatic rings. The summed E-state index contributed by atoms with van der Waals surface area (Å²) in [6.07, 6.45) is 1.45. The van der Waals surface area contributed by atoms with Gasteiger partial charge in [-0.1, -0.05) is 18.5 Å². The van der Waals surface area contributed by atoms with E-state index >= 15 is 0 Å².